The molecular weight excluding hydrogens is 570 g/mol. The van der Waals surface area contributed by atoms with Gasteiger partial charge in [0.2, 0.25) is 11.8 Å². The van der Waals surface area contributed by atoms with E-state index < -0.39 is 0 Å². The van der Waals surface area contributed by atoms with Crippen molar-refractivity contribution in [2.24, 2.45) is 0 Å². The first-order chi connectivity index (χ1) is 22.4. The lowest BCUT2D eigenvalue weighted by Gasteiger charge is -2.09. The minimum absolute atomic E-state index is 0.577. The van der Waals surface area contributed by atoms with Crippen LogP contribution in [0.25, 0.3) is 79.3 Å². The predicted octanol–water partition coefficient (Wildman–Crippen LogP) is 9.72. The number of nitrogens with zero attached hydrogens (tertiary/aromatic N) is 5. The molecular formula is C39H29N5O2. The standard InChI is InChI=1S/C39H29N5O2/c1-22-18-31-33(20-24(22)3)45-38(40-31)29-14-10-27(11-15-29)36-42-35(26-8-6-5-7-9-26)43-37(44-36)28-12-16-30(17-13-28)39-41-32-19-23(2)25(4)21-34(32)46-39/h5-21H,1-4H3. The van der Waals surface area contributed by atoms with Crippen molar-refractivity contribution >= 4 is 22.2 Å². The second-order valence-electron chi connectivity index (χ2n) is 11.7. The van der Waals surface area contributed by atoms with Gasteiger partial charge in [-0.15, -0.1) is 0 Å². The third-order valence-electron chi connectivity index (χ3n) is 8.46. The molecule has 0 fully saturated rings. The summed E-state index contributed by atoms with van der Waals surface area (Å²) in [6.45, 7) is 8.31. The van der Waals surface area contributed by atoms with Gasteiger partial charge in [0.25, 0.3) is 0 Å². The molecule has 0 aliphatic rings. The predicted molar refractivity (Wildman–Crippen MR) is 181 cm³/mol. The maximum absolute atomic E-state index is 6.09. The topological polar surface area (TPSA) is 90.7 Å². The highest BCUT2D eigenvalue weighted by molar-refractivity contribution is 5.80. The summed E-state index contributed by atoms with van der Waals surface area (Å²) in [5.74, 6) is 2.92. The molecule has 7 nitrogen and oxygen atoms in total. The Kier molecular flexibility index (Phi) is 6.53. The zero-order valence-corrected chi connectivity index (χ0v) is 25.9. The van der Waals surface area contributed by atoms with Crippen molar-refractivity contribution in [3.8, 4) is 57.1 Å². The fraction of sp³-hybridized carbons (Fsp3) is 0.103. The van der Waals surface area contributed by atoms with Crippen molar-refractivity contribution in [3.05, 3.63) is 125 Å². The van der Waals surface area contributed by atoms with Gasteiger partial charge in [0, 0.05) is 27.8 Å². The number of oxazole rings is 2. The van der Waals surface area contributed by atoms with E-state index in [-0.39, 0.29) is 0 Å². The molecule has 0 bridgehead atoms. The lowest BCUT2D eigenvalue weighted by Crippen LogP contribution is -2.00. The summed E-state index contributed by atoms with van der Waals surface area (Å²) in [6.07, 6.45) is 0. The van der Waals surface area contributed by atoms with Gasteiger partial charge >= 0.3 is 0 Å². The maximum atomic E-state index is 6.09. The van der Waals surface area contributed by atoms with Crippen LogP contribution in [0, 0.1) is 27.7 Å². The van der Waals surface area contributed by atoms with Crippen molar-refractivity contribution in [2.45, 2.75) is 27.7 Å². The van der Waals surface area contributed by atoms with Crippen LogP contribution >= 0.6 is 0 Å². The van der Waals surface area contributed by atoms with E-state index in [2.05, 4.69) is 39.8 Å². The second kappa shape index (κ2) is 10.9. The van der Waals surface area contributed by atoms with Crippen LogP contribution in [0.3, 0.4) is 0 Å². The van der Waals surface area contributed by atoms with Gasteiger partial charge in [-0.3, -0.25) is 0 Å². The summed E-state index contributed by atoms with van der Waals surface area (Å²) in [6, 6.07) is 34.1. The lowest BCUT2D eigenvalue weighted by molar-refractivity contribution is 0.619. The Bertz CT molecular complexity index is 2160. The normalized spacial score (nSPS) is 11.5. The Morgan fingerprint density at radius 2 is 0.717 bits per heavy atom. The molecule has 0 saturated heterocycles. The van der Waals surface area contributed by atoms with Crippen LogP contribution in [0.15, 0.2) is 112 Å². The summed E-state index contributed by atoms with van der Waals surface area (Å²) >= 11 is 0. The fourth-order valence-corrected chi connectivity index (χ4v) is 5.48. The molecule has 0 aliphatic carbocycles. The average Bonchev–Trinajstić information content (AvgIpc) is 3.69. The van der Waals surface area contributed by atoms with Crippen LogP contribution in [0.2, 0.25) is 0 Å². The van der Waals surface area contributed by atoms with Crippen LogP contribution in [-0.4, -0.2) is 24.9 Å². The van der Waals surface area contributed by atoms with Crippen molar-refractivity contribution in [2.75, 3.05) is 0 Å². The van der Waals surface area contributed by atoms with Gasteiger partial charge in [0.05, 0.1) is 0 Å². The van der Waals surface area contributed by atoms with Crippen LogP contribution in [0.5, 0.6) is 0 Å². The van der Waals surface area contributed by atoms with Crippen LogP contribution in [-0.2, 0) is 0 Å². The van der Waals surface area contributed by atoms with Gasteiger partial charge in [-0.2, -0.15) is 0 Å². The number of hydrogen-bond donors (Lipinski definition) is 0. The van der Waals surface area contributed by atoms with E-state index in [0.717, 1.165) is 50.0 Å². The first kappa shape index (κ1) is 27.6. The molecule has 0 unspecified atom stereocenters. The number of fused-ring (bicyclic) bond motifs is 2. The quantitative estimate of drug-likeness (QED) is 0.194. The van der Waals surface area contributed by atoms with Crippen LogP contribution in [0.1, 0.15) is 22.3 Å². The molecule has 46 heavy (non-hydrogen) atoms. The van der Waals surface area contributed by atoms with E-state index in [1.54, 1.807) is 0 Å². The van der Waals surface area contributed by atoms with E-state index in [9.17, 15) is 0 Å². The summed E-state index contributed by atoms with van der Waals surface area (Å²) in [7, 11) is 0. The maximum Gasteiger partial charge on any atom is 0.227 e. The number of aromatic nitrogens is 5. The van der Waals surface area contributed by atoms with Gasteiger partial charge in [-0.25, -0.2) is 24.9 Å². The zero-order valence-electron chi connectivity index (χ0n) is 25.9. The van der Waals surface area contributed by atoms with E-state index in [1.165, 1.54) is 22.3 Å². The molecule has 5 aromatic carbocycles. The summed E-state index contributed by atoms with van der Waals surface area (Å²) < 4.78 is 12.2. The number of rotatable bonds is 5. The molecule has 0 atom stereocenters. The Hall–Kier alpha value is -5.95. The van der Waals surface area contributed by atoms with Crippen molar-refractivity contribution in [3.63, 3.8) is 0 Å². The Morgan fingerprint density at radius 3 is 1.13 bits per heavy atom. The molecule has 0 spiro atoms. The molecule has 0 amide bonds. The zero-order chi connectivity index (χ0) is 31.4. The summed E-state index contributed by atoms with van der Waals surface area (Å²) in [5, 5.41) is 0. The Labute approximate surface area is 265 Å². The third-order valence-corrected chi connectivity index (χ3v) is 8.46. The third kappa shape index (κ3) is 5.02. The second-order valence-corrected chi connectivity index (χ2v) is 11.7. The average molecular weight is 600 g/mol. The Balaban J connectivity index is 1.15. The van der Waals surface area contributed by atoms with E-state index >= 15 is 0 Å². The molecule has 3 heterocycles. The van der Waals surface area contributed by atoms with Crippen molar-refractivity contribution in [1.29, 1.82) is 0 Å². The smallest absolute Gasteiger partial charge is 0.227 e. The minimum Gasteiger partial charge on any atom is -0.436 e. The van der Waals surface area contributed by atoms with Gasteiger partial charge in [-0.1, -0.05) is 54.6 Å². The number of benzene rings is 5. The number of aryl methyl sites for hydroxylation is 4. The van der Waals surface area contributed by atoms with E-state index in [1.807, 2.05) is 91.0 Å². The molecule has 0 radical (unpaired) electrons. The van der Waals surface area contributed by atoms with Crippen LogP contribution in [0.4, 0.5) is 0 Å². The molecule has 8 rings (SSSR count). The van der Waals surface area contributed by atoms with E-state index in [4.69, 9.17) is 33.8 Å². The van der Waals surface area contributed by atoms with Gasteiger partial charge in [-0.05, 0) is 98.5 Å². The molecule has 0 N–H and O–H groups in total. The molecule has 8 aromatic rings. The largest absolute Gasteiger partial charge is 0.436 e. The van der Waals surface area contributed by atoms with Crippen molar-refractivity contribution in [1.82, 2.24) is 24.9 Å². The summed E-state index contributed by atoms with van der Waals surface area (Å²) in [4.78, 5) is 24.1. The first-order valence-corrected chi connectivity index (χ1v) is 15.2. The fourth-order valence-electron chi connectivity index (χ4n) is 5.48. The Morgan fingerprint density at radius 1 is 0.370 bits per heavy atom. The molecule has 7 heteroatoms. The molecule has 222 valence electrons. The summed E-state index contributed by atoms with van der Waals surface area (Å²) in [5.41, 5.74) is 12.4. The SMILES string of the molecule is Cc1cc2nc(-c3ccc(-c4nc(-c5ccccc5)nc(-c5ccc(-c6nc7cc(C)c(C)cc7o6)cc5)n4)cc3)oc2cc1C. The van der Waals surface area contributed by atoms with E-state index in [0.29, 0.717) is 29.3 Å². The van der Waals surface area contributed by atoms with Crippen LogP contribution < -0.4 is 0 Å². The van der Waals surface area contributed by atoms with Crippen molar-refractivity contribution < 1.29 is 8.83 Å². The first-order valence-electron chi connectivity index (χ1n) is 15.2. The monoisotopic (exact) mass is 599 g/mol. The highest BCUT2D eigenvalue weighted by atomic mass is 16.4. The number of hydrogen-bond acceptors (Lipinski definition) is 7. The molecule has 0 saturated carbocycles. The highest BCUT2D eigenvalue weighted by Crippen LogP contribution is 2.31. The minimum atomic E-state index is 0.577. The highest BCUT2D eigenvalue weighted by Gasteiger charge is 2.15. The lowest BCUT2D eigenvalue weighted by atomic mass is 10.1. The van der Waals surface area contributed by atoms with Gasteiger partial charge < -0.3 is 8.83 Å². The van der Waals surface area contributed by atoms with Gasteiger partial charge in [0.15, 0.2) is 28.6 Å². The molecule has 0 aliphatic heterocycles. The van der Waals surface area contributed by atoms with Gasteiger partial charge in [0.1, 0.15) is 11.0 Å². The molecule has 3 aromatic heterocycles.